The summed E-state index contributed by atoms with van der Waals surface area (Å²) in [6.07, 6.45) is 7.85. The number of fused-ring (bicyclic) bond motifs is 12. The van der Waals surface area contributed by atoms with Crippen molar-refractivity contribution in [2.75, 3.05) is 0 Å². The summed E-state index contributed by atoms with van der Waals surface area (Å²) in [7, 11) is 0. The van der Waals surface area contributed by atoms with Crippen molar-refractivity contribution in [2.45, 2.75) is 49.1 Å². The molecule has 1 nitrogen and oxygen atoms in total. The SMILES string of the molecule is C1=c2ccccc2=C2C(C1)c1cc3sc4ccccc4c3cc1C21[C@@H]2C[C@@H]3CC[C@H]1C3N2. The highest BCUT2D eigenvalue weighted by Gasteiger charge is 2.69. The Morgan fingerprint density at radius 3 is 2.81 bits per heavy atom. The van der Waals surface area contributed by atoms with Gasteiger partial charge in [-0.05, 0) is 82.9 Å². The molecule has 1 aromatic heterocycles. The maximum absolute atomic E-state index is 4.18. The van der Waals surface area contributed by atoms with Gasteiger partial charge in [0.2, 0.25) is 0 Å². The van der Waals surface area contributed by atoms with Crippen LogP contribution in [0.15, 0.2) is 60.7 Å². The zero-order valence-electron chi connectivity index (χ0n) is 18.0. The second-order valence-electron chi connectivity index (χ2n) is 10.8. The van der Waals surface area contributed by atoms with E-state index in [-0.39, 0.29) is 5.41 Å². The smallest absolute Gasteiger partial charge is 0.0376 e. The Hall–Kier alpha value is -2.42. The largest absolute Gasteiger partial charge is 0.309 e. The lowest BCUT2D eigenvalue weighted by atomic mass is 9.60. The van der Waals surface area contributed by atoms with Crippen LogP contribution in [0, 0.1) is 11.8 Å². The van der Waals surface area contributed by atoms with Crippen molar-refractivity contribution in [2.24, 2.45) is 11.8 Å². The Morgan fingerprint density at radius 1 is 0.906 bits per heavy atom. The highest BCUT2D eigenvalue weighted by atomic mass is 32.1. The van der Waals surface area contributed by atoms with E-state index in [1.165, 1.54) is 44.7 Å². The molecule has 2 saturated heterocycles. The summed E-state index contributed by atoms with van der Waals surface area (Å²) in [4.78, 5) is 0. The van der Waals surface area contributed by atoms with Crippen LogP contribution in [0.3, 0.4) is 0 Å². The third kappa shape index (κ3) is 1.75. The number of rotatable bonds is 0. The molecule has 1 N–H and O–H groups in total. The lowest BCUT2D eigenvalue weighted by molar-refractivity contribution is 0.306. The van der Waals surface area contributed by atoms with Gasteiger partial charge in [-0.2, -0.15) is 0 Å². The molecule has 2 bridgehead atoms. The summed E-state index contributed by atoms with van der Waals surface area (Å²) < 4.78 is 2.90. The summed E-state index contributed by atoms with van der Waals surface area (Å²) in [6.45, 7) is 0. The minimum Gasteiger partial charge on any atom is -0.309 e. The van der Waals surface area contributed by atoms with Crippen molar-refractivity contribution >= 4 is 43.2 Å². The molecule has 3 aromatic carbocycles. The molecular weight excluding hydrogens is 406 g/mol. The fourth-order valence-electron chi connectivity index (χ4n) is 8.91. The number of hydrogen-bond donors (Lipinski definition) is 1. The van der Waals surface area contributed by atoms with E-state index < -0.39 is 0 Å². The molecule has 2 heteroatoms. The van der Waals surface area contributed by atoms with Crippen molar-refractivity contribution in [3.63, 3.8) is 0 Å². The second-order valence-corrected chi connectivity index (χ2v) is 11.9. The Kier molecular flexibility index (Phi) is 2.97. The average molecular weight is 432 g/mol. The minimum atomic E-state index is 0.194. The minimum absolute atomic E-state index is 0.194. The lowest BCUT2D eigenvalue weighted by Gasteiger charge is -2.42. The third-order valence-corrected chi connectivity index (χ3v) is 11.0. The van der Waals surface area contributed by atoms with Gasteiger partial charge in [-0.25, -0.2) is 0 Å². The van der Waals surface area contributed by atoms with Crippen LogP contribution in [-0.4, -0.2) is 12.1 Å². The fourth-order valence-corrected chi connectivity index (χ4v) is 10.0. The monoisotopic (exact) mass is 431 g/mol. The van der Waals surface area contributed by atoms with Crippen LogP contribution < -0.4 is 15.8 Å². The van der Waals surface area contributed by atoms with Gasteiger partial charge in [0.25, 0.3) is 0 Å². The molecule has 0 amide bonds. The molecule has 0 radical (unpaired) electrons. The van der Waals surface area contributed by atoms with Gasteiger partial charge in [-0.15, -0.1) is 11.3 Å². The summed E-state index contributed by atoms with van der Waals surface area (Å²) >= 11 is 1.98. The molecular formula is C30H25NS. The quantitative estimate of drug-likeness (QED) is 0.404. The van der Waals surface area contributed by atoms with Gasteiger partial charge in [0, 0.05) is 43.6 Å². The molecule has 5 aliphatic rings. The van der Waals surface area contributed by atoms with Crippen LogP contribution in [-0.2, 0) is 5.41 Å². The maximum atomic E-state index is 4.18. The van der Waals surface area contributed by atoms with Gasteiger partial charge in [0.1, 0.15) is 0 Å². The van der Waals surface area contributed by atoms with Gasteiger partial charge >= 0.3 is 0 Å². The third-order valence-electron chi connectivity index (χ3n) is 9.84. The molecule has 32 heavy (non-hydrogen) atoms. The Morgan fingerprint density at radius 2 is 1.81 bits per heavy atom. The van der Waals surface area contributed by atoms with Crippen LogP contribution in [0.1, 0.15) is 42.7 Å². The summed E-state index contributed by atoms with van der Waals surface area (Å²) in [6, 6.07) is 24.9. The molecule has 3 aliphatic carbocycles. The van der Waals surface area contributed by atoms with E-state index in [0.717, 1.165) is 24.3 Å². The first kappa shape index (κ1) is 17.1. The predicted molar refractivity (Wildman–Crippen MR) is 133 cm³/mol. The van der Waals surface area contributed by atoms with E-state index >= 15 is 0 Å². The summed E-state index contributed by atoms with van der Waals surface area (Å²) in [5, 5.41) is 10.1. The van der Waals surface area contributed by atoms with Crippen molar-refractivity contribution in [1.29, 1.82) is 0 Å². The van der Waals surface area contributed by atoms with Crippen LogP contribution in [0.25, 0.3) is 31.8 Å². The van der Waals surface area contributed by atoms with E-state index in [4.69, 9.17) is 0 Å². The highest BCUT2D eigenvalue weighted by Crippen LogP contribution is 2.68. The molecule has 9 rings (SSSR count). The van der Waals surface area contributed by atoms with Crippen LogP contribution in [0.5, 0.6) is 0 Å². The fraction of sp³-hybridized carbons (Fsp3) is 0.333. The first-order valence-corrected chi connectivity index (χ1v) is 13.2. The van der Waals surface area contributed by atoms with Crippen molar-refractivity contribution in [3.05, 3.63) is 82.2 Å². The normalized spacial score (nSPS) is 35.5. The lowest BCUT2D eigenvalue weighted by Crippen LogP contribution is -2.48. The number of hydrogen-bond acceptors (Lipinski definition) is 2. The Labute approximate surface area is 191 Å². The first-order valence-electron chi connectivity index (χ1n) is 12.4. The molecule has 3 fully saturated rings. The zero-order valence-corrected chi connectivity index (χ0v) is 18.8. The Balaban J connectivity index is 1.46. The van der Waals surface area contributed by atoms with E-state index in [1.807, 2.05) is 11.3 Å². The second kappa shape index (κ2) is 5.55. The van der Waals surface area contributed by atoms with Gasteiger partial charge in [-0.3, -0.25) is 0 Å². The molecule has 4 aromatic rings. The molecule has 3 heterocycles. The molecule has 2 aliphatic heterocycles. The van der Waals surface area contributed by atoms with Crippen molar-refractivity contribution in [1.82, 2.24) is 5.32 Å². The number of nitrogens with one attached hydrogen (secondary N) is 1. The molecule has 3 unspecified atom stereocenters. The maximum Gasteiger partial charge on any atom is 0.0376 e. The Bertz CT molecular complexity index is 1610. The van der Waals surface area contributed by atoms with Gasteiger partial charge in [0.15, 0.2) is 0 Å². The average Bonchev–Trinajstić information content (AvgIpc) is 3.59. The predicted octanol–water partition coefficient (Wildman–Crippen LogP) is 5.19. The van der Waals surface area contributed by atoms with Gasteiger partial charge < -0.3 is 5.32 Å². The van der Waals surface area contributed by atoms with E-state index in [0.29, 0.717) is 12.0 Å². The van der Waals surface area contributed by atoms with Crippen LogP contribution in [0.2, 0.25) is 0 Å². The number of benzene rings is 3. The highest BCUT2D eigenvalue weighted by molar-refractivity contribution is 7.25. The number of thiophene rings is 1. The molecule has 6 atom stereocenters. The van der Waals surface area contributed by atoms with E-state index in [1.54, 1.807) is 21.9 Å². The standard InChI is InChI=1S/C30H25NS/c1-2-6-18-16(5-1)9-11-20-21-15-26-22(19-7-3-4-8-25(19)32-26)14-24(21)30(28(18)20)23-12-10-17-13-27(30)31-29(17)23/h1-9,14-15,17,20,23,27,29,31H,10-13H2/t17-,20?,23-,27-,29?,30?/m0/s1. The molecule has 1 saturated carbocycles. The van der Waals surface area contributed by atoms with Gasteiger partial charge in [0.05, 0.1) is 0 Å². The van der Waals surface area contributed by atoms with Crippen molar-refractivity contribution < 1.29 is 0 Å². The van der Waals surface area contributed by atoms with Crippen molar-refractivity contribution in [3.8, 4) is 0 Å². The van der Waals surface area contributed by atoms with E-state index in [9.17, 15) is 0 Å². The zero-order chi connectivity index (χ0) is 20.6. The van der Waals surface area contributed by atoms with E-state index in [2.05, 4.69) is 72.1 Å². The molecule has 156 valence electrons. The van der Waals surface area contributed by atoms with Gasteiger partial charge in [-0.1, -0.05) is 48.5 Å². The summed E-state index contributed by atoms with van der Waals surface area (Å²) in [5.41, 5.74) is 5.30. The summed E-state index contributed by atoms with van der Waals surface area (Å²) in [5.74, 6) is 2.23. The topological polar surface area (TPSA) is 12.0 Å². The molecule has 1 spiro atoms. The van der Waals surface area contributed by atoms with Crippen LogP contribution in [0.4, 0.5) is 0 Å². The van der Waals surface area contributed by atoms with Crippen LogP contribution >= 0.6 is 11.3 Å². The first-order chi connectivity index (χ1) is 15.8.